The van der Waals surface area contributed by atoms with Crippen LogP contribution in [0.15, 0.2) is 46.5 Å². The van der Waals surface area contributed by atoms with E-state index in [0.717, 1.165) is 57.1 Å². The van der Waals surface area contributed by atoms with Crippen LogP contribution in [0.5, 0.6) is 5.75 Å². The summed E-state index contributed by atoms with van der Waals surface area (Å²) in [5.74, 6) is 1.84. The zero-order valence-electron chi connectivity index (χ0n) is 19.7. The molecule has 0 bridgehead atoms. The molecule has 176 valence electrons. The maximum Gasteiger partial charge on any atom is 0.227 e. The van der Waals surface area contributed by atoms with Gasteiger partial charge in [0, 0.05) is 42.0 Å². The van der Waals surface area contributed by atoms with Crippen LogP contribution in [0.2, 0.25) is 0 Å². The van der Waals surface area contributed by atoms with Gasteiger partial charge in [-0.05, 0) is 60.4 Å². The summed E-state index contributed by atoms with van der Waals surface area (Å²) in [7, 11) is 3.71. The van der Waals surface area contributed by atoms with Crippen molar-refractivity contribution in [1.82, 2.24) is 14.9 Å². The second kappa shape index (κ2) is 9.72. The number of carbonyl (C=O) groups excluding carboxylic acids is 1. The number of methoxy groups -OCH3 is 1. The number of thiophene rings is 1. The lowest BCUT2D eigenvalue weighted by Crippen LogP contribution is -2.34. The van der Waals surface area contributed by atoms with Crippen LogP contribution < -0.4 is 9.64 Å². The molecular weight excluding hydrogens is 464 g/mol. The highest BCUT2D eigenvalue weighted by Crippen LogP contribution is 2.33. The summed E-state index contributed by atoms with van der Waals surface area (Å²) in [6.07, 6.45) is 2.58. The van der Waals surface area contributed by atoms with Gasteiger partial charge >= 0.3 is 0 Å². The molecule has 1 aliphatic carbocycles. The summed E-state index contributed by atoms with van der Waals surface area (Å²) in [6.45, 7) is 3.23. The Bertz CT molecular complexity index is 1300. The van der Waals surface area contributed by atoms with Crippen molar-refractivity contribution in [2.24, 2.45) is 0 Å². The van der Waals surface area contributed by atoms with Gasteiger partial charge in [-0.15, -0.1) is 11.3 Å². The molecule has 4 aromatic rings. The van der Waals surface area contributed by atoms with Crippen LogP contribution >= 0.6 is 22.7 Å². The standard InChI is InChI=1S/C26H28N4O2S2/c1-17-27-21(16-34-17)14-29(2)26-20(11-19-4-7-23(32-3)12-24(19)28-26)13-30(22-5-6-22)25(31)10-18-8-9-33-15-18/h4,7-9,11-12,15-16,22H,5-6,10,13-14H2,1-3H3. The topological polar surface area (TPSA) is 58.6 Å². The third kappa shape index (κ3) is 5.08. The van der Waals surface area contributed by atoms with Crippen molar-refractivity contribution in [3.05, 3.63) is 68.3 Å². The minimum atomic E-state index is 0.180. The lowest BCUT2D eigenvalue weighted by atomic mass is 10.1. The number of nitrogens with zero attached hydrogens (tertiary/aromatic N) is 4. The van der Waals surface area contributed by atoms with Crippen LogP contribution in [0.25, 0.3) is 10.9 Å². The van der Waals surface area contributed by atoms with E-state index in [1.807, 2.05) is 48.5 Å². The molecule has 8 heteroatoms. The van der Waals surface area contributed by atoms with Crippen molar-refractivity contribution in [3.8, 4) is 5.75 Å². The first kappa shape index (κ1) is 22.8. The first-order chi connectivity index (χ1) is 16.5. The van der Waals surface area contributed by atoms with Crippen LogP contribution in [0.4, 0.5) is 5.82 Å². The van der Waals surface area contributed by atoms with Crippen molar-refractivity contribution < 1.29 is 9.53 Å². The molecule has 0 aliphatic heterocycles. The average Bonchev–Trinajstić information content (AvgIpc) is 3.39. The van der Waals surface area contributed by atoms with Gasteiger partial charge in [-0.2, -0.15) is 11.3 Å². The van der Waals surface area contributed by atoms with Gasteiger partial charge in [-0.1, -0.05) is 0 Å². The molecule has 1 aliphatic rings. The molecule has 0 spiro atoms. The molecule has 34 heavy (non-hydrogen) atoms. The summed E-state index contributed by atoms with van der Waals surface area (Å²) in [5.41, 5.74) is 4.04. The molecule has 0 saturated heterocycles. The normalized spacial score (nSPS) is 13.3. The van der Waals surface area contributed by atoms with Gasteiger partial charge in [0.25, 0.3) is 0 Å². The second-order valence-corrected chi connectivity index (χ2v) is 10.6. The molecule has 3 heterocycles. The van der Waals surface area contributed by atoms with E-state index in [-0.39, 0.29) is 5.91 Å². The summed E-state index contributed by atoms with van der Waals surface area (Å²) >= 11 is 3.29. The number of ether oxygens (including phenoxy) is 1. The summed E-state index contributed by atoms with van der Waals surface area (Å²) < 4.78 is 5.42. The third-order valence-corrected chi connectivity index (χ3v) is 7.65. The fourth-order valence-electron chi connectivity index (χ4n) is 4.21. The molecule has 0 unspecified atom stereocenters. The fourth-order valence-corrected chi connectivity index (χ4v) is 5.49. The van der Waals surface area contributed by atoms with E-state index >= 15 is 0 Å². The number of rotatable bonds is 9. The van der Waals surface area contributed by atoms with Gasteiger partial charge in [0.1, 0.15) is 11.6 Å². The van der Waals surface area contributed by atoms with E-state index in [9.17, 15) is 4.79 Å². The monoisotopic (exact) mass is 492 g/mol. The molecule has 5 rings (SSSR count). The van der Waals surface area contributed by atoms with Crippen molar-refractivity contribution >= 4 is 45.3 Å². The zero-order valence-corrected chi connectivity index (χ0v) is 21.3. The Kier molecular flexibility index (Phi) is 6.52. The van der Waals surface area contributed by atoms with Gasteiger partial charge in [0.15, 0.2) is 0 Å². The molecule has 6 nitrogen and oxygen atoms in total. The van der Waals surface area contributed by atoms with Gasteiger partial charge in [-0.25, -0.2) is 9.97 Å². The highest BCUT2D eigenvalue weighted by molar-refractivity contribution is 7.09. The largest absolute Gasteiger partial charge is 0.497 e. The Balaban J connectivity index is 1.49. The van der Waals surface area contributed by atoms with E-state index in [0.29, 0.717) is 25.6 Å². The number of amides is 1. The van der Waals surface area contributed by atoms with Crippen LogP contribution in [-0.2, 0) is 24.3 Å². The predicted octanol–water partition coefficient (Wildman–Crippen LogP) is 5.44. The Labute approximate surface area is 207 Å². The maximum atomic E-state index is 13.3. The highest BCUT2D eigenvalue weighted by atomic mass is 32.1. The first-order valence-electron chi connectivity index (χ1n) is 11.4. The molecule has 1 saturated carbocycles. The molecule has 0 atom stereocenters. The SMILES string of the molecule is COc1ccc2cc(CN(C(=O)Cc3ccsc3)C3CC3)c(N(C)Cc3csc(C)n3)nc2c1. The van der Waals surface area contributed by atoms with Crippen LogP contribution in [0.3, 0.4) is 0 Å². The van der Waals surface area contributed by atoms with Crippen LogP contribution in [0, 0.1) is 6.92 Å². The maximum absolute atomic E-state index is 13.3. The molecule has 0 radical (unpaired) electrons. The molecular formula is C26H28N4O2S2. The third-order valence-electron chi connectivity index (χ3n) is 6.09. The summed E-state index contributed by atoms with van der Waals surface area (Å²) in [4.78, 5) is 27.1. The van der Waals surface area contributed by atoms with E-state index in [2.05, 4.69) is 26.7 Å². The fraction of sp³-hybridized carbons (Fsp3) is 0.346. The van der Waals surface area contributed by atoms with Gasteiger partial charge in [0.2, 0.25) is 5.91 Å². The number of aryl methyl sites for hydroxylation is 1. The smallest absolute Gasteiger partial charge is 0.227 e. The van der Waals surface area contributed by atoms with E-state index in [1.165, 1.54) is 0 Å². The number of hydrogen-bond donors (Lipinski definition) is 0. The highest BCUT2D eigenvalue weighted by Gasteiger charge is 2.33. The number of carbonyl (C=O) groups is 1. The molecule has 1 amide bonds. The number of fused-ring (bicyclic) bond motifs is 1. The summed E-state index contributed by atoms with van der Waals surface area (Å²) in [6, 6.07) is 10.5. The number of thiazole rings is 1. The molecule has 3 aromatic heterocycles. The Morgan fingerprint density at radius 3 is 2.68 bits per heavy atom. The Morgan fingerprint density at radius 1 is 1.15 bits per heavy atom. The van der Waals surface area contributed by atoms with Crippen molar-refractivity contribution in [2.45, 2.75) is 45.3 Å². The predicted molar refractivity (Wildman–Crippen MR) is 139 cm³/mol. The minimum absolute atomic E-state index is 0.180. The van der Waals surface area contributed by atoms with E-state index in [1.54, 1.807) is 29.8 Å². The van der Waals surface area contributed by atoms with Crippen LogP contribution in [-0.4, -0.2) is 41.0 Å². The number of hydrogen-bond acceptors (Lipinski definition) is 7. The van der Waals surface area contributed by atoms with Crippen LogP contribution in [0.1, 0.15) is 34.7 Å². The van der Waals surface area contributed by atoms with E-state index in [4.69, 9.17) is 9.72 Å². The summed E-state index contributed by atoms with van der Waals surface area (Å²) in [5, 5.41) is 8.27. The minimum Gasteiger partial charge on any atom is -0.497 e. The lowest BCUT2D eigenvalue weighted by molar-refractivity contribution is -0.131. The van der Waals surface area contributed by atoms with Gasteiger partial charge in [-0.3, -0.25) is 4.79 Å². The second-order valence-electron chi connectivity index (χ2n) is 8.80. The van der Waals surface area contributed by atoms with E-state index < -0.39 is 0 Å². The molecule has 0 N–H and O–H groups in total. The average molecular weight is 493 g/mol. The first-order valence-corrected chi connectivity index (χ1v) is 13.2. The Hall–Kier alpha value is -2.97. The molecule has 1 fully saturated rings. The number of pyridine rings is 1. The quantitative estimate of drug-likeness (QED) is 0.311. The number of aromatic nitrogens is 2. The zero-order chi connectivity index (χ0) is 23.7. The lowest BCUT2D eigenvalue weighted by Gasteiger charge is -2.27. The Morgan fingerprint density at radius 2 is 2.00 bits per heavy atom. The van der Waals surface area contributed by atoms with Crippen molar-refractivity contribution in [1.29, 1.82) is 0 Å². The van der Waals surface area contributed by atoms with Crippen molar-refractivity contribution in [3.63, 3.8) is 0 Å². The number of benzene rings is 1. The van der Waals surface area contributed by atoms with Gasteiger partial charge < -0.3 is 14.5 Å². The molecule has 1 aromatic carbocycles. The van der Waals surface area contributed by atoms with Crippen molar-refractivity contribution in [2.75, 3.05) is 19.1 Å². The number of anilines is 1. The van der Waals surface area contributed by atoms with Gasteiger partial charge in [0.05, 0.1) is 36.3 Å².